The Morgan fingerprint density at radius 1 is 1.44 bits per heavy atom. The maximum absolute atomic E-state index is 5.34. The molecule has 0 saturated heterocycles. The number of nitrogens with one attached hydrogen (secondary N) is 1. The molecular weight excluding hydrogens is 246 g/mol. The summed E-state index contributed by atoms with van der Waals surface area (Å²) in [5, 5.41) is 7.58. The minimum atomic E-state index is 0.460. The molecule has 2 aromatic heterocycles. The predicted molar refractivity (Wildman–Crippen MR) is 74.4 cm³/mol. The van der Waals surface area contributed by atoms with E-state index in [1.807, 2.05) is 13.0 Å². The monoisotopic (exact) mass is 263 g/mol. The molecule has 0 radical (unpaired) electrons. The molecule has 0 amide bonds. The van der Waals surface area contributed by atoms with Crippen molar-refractivity contribution in [2.45, 2.75) is 19.8 Å². The predicted octanol–water partition coefficient (Wildman–Crippen LogP) is 3.15. The second kappa shape index (κ2) is 6.35. The Kier molecular flexibility index (Phi) is 4.52. The van der Waals surface area contributed by atoms with Crippen LogP contribution in [0, 0.1) is 0 Å². The van der Waals surface area contributed by atoms with Crippen LogP contribution < -0.4 is 10.1 Å². The van der Waals surface area contributed by atoms with Gasteiger partial charge in [-0.3, -0.25) is 0 Å². The molecule has 1 atom stereocenters. The minimum absolute atomic E-state index is 0.460. The number of anilines is 1. The van der Waals surface area contributed by atoms with Crippen LogP contribution >= 0.6 is 11.3 Å². The lowest BCUT2D eigenvalue weighted by Gasteiger charge is -2.12. The van der Waals surface area contributed by atoms with Gasteiger partial charge in [0.1, 0.15) is 12.1 Å². The minimum Gasteiger partial charge on any atom is -0.478 e. The standard InChI is InChI=1S/C13H17N3OS/c1-3-17-13-6-12(15-9-16-13)14-7-10(2)11-4-5-18-8-11/h4-6,8-10H,3,7H2,1-2H3,(H,14,15,16). The molecule has 0 fully saturated rings. The fraction of sp³-hybridized carbons (Fsp3) is 0.385. The third kappa shape index (κ3) is 3.43. The SMILES string of the molecule is CCOc1cc(NCC(C)c2ccsc2)ncn1. The van der Waals surface area contributed by atoms with Crippen LogP contribution in [0.25, 0.3) is 0 Å². The Labute approximate surface area is 111 Å². The van der Waals surface area contributed by atoms with Gasteiger partial charge in [-0.25, -0.2) is 9.97 Å². The third-order valence-electron chi connectivity index (χ3n) is 2.64. The second-order valence-electron chi connectivity index (χ2n) is 4.01. The van der Waals surface area contributed by atoms with Crippen molar-refractivity contribution in [1.29, 1.82) is 0 Å². The van der Waals surface area contributed by atoms with Gasteiger partial charge < -0.3 is 10.1 Å². The summed E-state index contributed by atoms with van der Waals surface area (Å²) in [5.74, 6) is 1.87. The van der Waals surface area contributed by atoms with Gasteiger partial charge in [0.2, 0.25) is 5.88 Å². The Hall–Kier alpha value is -1.62. The zero-order chi connectivity index (χ0) is 12.8. The Morgan fingerprint density at radius 3 is 3.06 bits per heavy atom. The molecule has 0 bridgehead atoms. The zero-order valence-corrected chi connectivity index (χ0v) is 11.4. The van der Waals surface area contributed by atoms with Crippen LogP contribution in [0.2, 0.25) is 0 Å². The van der Waals surface area contributed by atoms with E-state index in [1.165, 1.54) is 11.9 Å². The van der Waals surface area contributed by atoms with Crippen LogP contribution in [-0.4, -0.2) is 23.1 Å². The van der Waals surface area contributed by atoms with E-state index in [-0.39, 0.29) is 0 Å². The molecule has 18 heavy (non-hydrogen) atoms. The molecule has 1 unspecified atom stereocenters. The van der Waals surface area contributed by atoms with Crippen LogP contribution in [0.4, 0.5) is 5.82 Å². The Morgan fingerprint density at radius 2 is 2.33 bits per heavy atom. The van der Waals surface area contributed by atoms with Gasteiger partial charge >= 0.3 is 0 Å². The fourth-order valence-corrected chi connectivity index (χ4v) is 2.38. The lowest BCUT2D eigenvalue weighted by atomic mass is 10.1. The van der Waals surface area contributed by atoms with Gasteiger partial charge in [-0.05, 0) is 35.2 Å². The highest BCUT2D eigenvalue weighted by Crippen LogP contribution is 2.19. The van der Waals surface area contributed by atoms with E-state index in [1.54, 1.807) is 11.3 Å². The largest absolute Gasteiger partial charge is 0.478 e. The van der Waals surface area contributed by atoms with Crippen molar-refractivity contribution in [2.75, 3.05) is 18.5 Å². The summed E-state index contributed by atoms with van der Waals surface area (Å²) in [6, 6.07) is 3.98. The van der Waals surface area contributed by atoms with Gasteiger partial charge in [-0.2, -0.15) is 11.3 Å². The van der Waals surface area contributed by atoms with E-state index in [0.717, 1.165) is 12.4 Å². The molecule has 5 heteroatoms. The van der Waals surface area contributed by atoms with E-state index in [0.29, 0.717) is 18.4 Å². The smallest absolute Gasteiger partial charge is 0.218 e. The Balaban J connectivity index is 1.91. The van der Waals surface area contributed by atoms with Crippen molar-refractivity contribution in [3.8, 4) is 5.88 Å². The lowest BCUT2D eigenvalue weighted by Crippen LogP contribution is -2.10. The van der Waals surface area contributed by atoms with E-state index in [2.05, 4.69) is 39.0 Å². The van der Waals surface area contributed by atoms with Crippen molar-refractivity contribution in [2.24, 2.45) is 0 Å². The number of hydrogen-bond acceptors (Lipinski definition) is 5. The molecule has 0 aliphatic carbocycles. The van der Waals surface area contributed by atoms with Crippen LogP contribution in [-0.2, 0) is 0 Å². The highest BCUT2D eigenvalue weighted by molar-refractivity contribution is 7.07. The topological polar surface area (TPSA) is 47.0 Å². The normalized spacial score (nSPS) is 12.1. The first-order chi connectivity index (χ1) is 8.79. The molecule has 2 rings (SSSR count). The van der Waals surface area contributed by atoms with E-state index >= 15 is 0 Å². The Bertz CT molecular complexity index is 473. The molecule has 2 heterocycles. The maximum atomic E-state index is 5.34. The third-order valence-corrected chi connectivity index (χ3v) is 3.34. The van der Waals surface area contributed by atoms with Crippen molar-refractivity contribution < 1.29 is 4.74 Å². The molecular formula is C13H17N3OS. The summed E-state index contributed by atoms with van der Waals surface area (Å²) >= 11 is 1.73. The van der Waals surface area contributed by atoms with Crippen LogP contribution in [0.5, 0.6) is 5.88 Å². The molecule has 96 valence electrons. The van der Waals surface area contributed by atoms with Crippen molar-refractivity contribution in [1.82, 2.24) is 9.97 Å². The summed E-state index contributed by atoms with van der Waals surface area (Å²) in [7, 11) is 0. The van der Waals surface area contributed by atoms with Crippen molar-refractivity contribution in [3.05, 3.63) is 34.8 Å². The van der Waals surface area contributed by atoms with Crippen molar-refractivity contribution >= 4 is 17.2 Å². The molecule has 0 aliphatic rings. The number of rotatable bonds is 6. The summed E-state index contributed by atoms with van der Waals surface area (Å²) < 4.78 is 5.34. The van der Waals surface area contributed by atoms with Gasteiger partial charge in [0, 0.05) is 12.6 Å². The summed E-state index contributed by atoms with van der Waals surface area (Å²) in [6.07, 6.45) is 1.52. The molecule has 2 aromatic rings. The van der Waals surface area contributed by atoms with Gasteiger partial charge in [0.05, 0.1) is 6.61 Å². The van der Waals surface area contributed by atoms with Crippen molar-refractivity contribution in [3.63, 3.8) is 0 Å². The van der Waals surface area contributed by atoms with Gasteiger partial charge in [-0.1, -0.05) is 6.92 Å². The second-order valence-corrected chi connectivity index (χ2v) is 4.79. The molecule has 1 N–H and O–H groups in total. The average Bonchev–Trinajstić information content (AvgIpc) is 2.91. The number of thiophene rings is 1. The quantitative estimate of drug-likeness (QED) is 0.869. The van der Waals surface area contributed by atoms with Crippen LogP contribution in [0.1, 0.15) is 25.3 Å². The van der Waals surface area contributed by atoms with Crippen LogP contribution in [0.15, 0.2) is 29.2 Å². The molecule has 0 aliphatic heterocycles. The number of ether oxygens (including phenoxy) is 1. The van der Waals surface area contributed by atoms with E-state index < -0.39 is 0 Å². The van der Waals surface area contributed by atoms with Gasteiger partial charge in [0.15, 0.2) is 0 Å². The number of hydrogen-bond donors (Lipinski definition) is 1. The van der Waals surface area contributed by atoms with E-state index in [9.17, 15) is 0 Å². The highest BCUT2D eigenvalue weighted by Gasteiger charge is 2.06. The molecule has 0 aromatic carbocycles. The lowest BCUT2D eigenvalue weighted by molar-refractivity contribution is 0.326. The first-order valence-electron chi connectivity index (χ1n) is 6.00. The summed E-state index contributed by atoms with van der Waals surface area (Å²) in [6.45, 7) is 5.59. The fourth-order valence-electron chi connectivity index (χ4n) is 1.59. The number of nitrogens with zero attached hydrogens (tertiary/aromatic N) is 2. The molecule has 0 saturated carbocycles. The maximum Gasteiger partial charge on any atom is 0.218 e. The van der Waals surface area contributed by atoms with E-state index in [4.69, 9.17) is 4.74 Å². The molecule has 4 nitrogen and oxygen atoms in total. The first kappa shape index (κ1) is 12.8. The highest BCUT2D eigenvalue weighted by atomic mass is 32.1. The molecule has 0 spiro atoms. The van der Waals surface area contributed by atoms with Crippen LogP contribution in [0.3, 0.4) is 0 Å². The first-order valence-corrected chi connectivity index (χ1v) is 6.94. The van der Waals surface area contributed by atoms with Gasteiger partial charge in [0.25, 0.3) is 0 Å². The summed E-state index contributed by atoms with van der Waals surface area (Å²) in [4.78, 5) is 8.21. The zero-order valence-electron chi connectivity index (χ0n) is 10.6. The van der Waals surface area contributed by atoms with Gasteiger partial charge in [-0.15, -0.1) is 0 Å². The average molecular weight is 263 g/mol. The number of aromatic nitrogens is 2. The summed E-state index contributed by atoms with van der Waals surface area (Å²) in [5.41, 5.74) is 1.35.